The van der Waals surface area contributed by atoms with Gasteiger partial charge in [0.15, 0.2) is 0 Å². The maximum Gasteiger partial charge on any atom is 0.253 e. The Morgan fingerprint density at radius 1 is 1.15 bits per heavy atom. The van der Waals surface area contributed by atoms with Crippen LogP contribution in [0.15, 0.2) is 65.4 Å². The van der Waals surface area contributed by atoms with E-state index in [0.717, 1.165) is 44.0 Å². The lowest BCUT2D eigenvalue weighted by Gasteiger charge is -2.30. The molecular weight excluding hydrogens is 440 g/mol. The Hall–Kier alpha value is -2.63. The number of carbonyl (C=O) groups excluding carboxylic acids is 1. The molecule has 2 heterocycles. The third kappa shape index (κ3) is 6.08. The Morgan fingerprint density at radius 3 is 2.62 bits per heavy atom. The number of rotatable bonds is 9. The minimum atomic E-state index is 0.134. The summed E-state index contributed by atoms with van der Waals surface area (Å²) in [6.07, 6.45) is 0. The van der Waals surface area contributed by atoms with E-state index in [9.17, 15) is 4.79 Å². The molecule has 5 heteroatoms. The van der Waals surface area contributed by atoms with Crippen LogP contribution in [0.1, 0.15) is 46.8 Å². The Bertz CT molecular complexity index is 1060. The van der Waals surface area contributed by atoms with Gasteiger partial charge in [0.05, 0.1) is 7.11 Å². The molecule has 0 saturated carbocycles. The van der Waals surface area contributed by atoms with Crippen LogP contribution in [-0.2, 0) is 6.54 Å². The molecule has 180 valence electrons. The van der Waals surface area contributed by atoms with Crippen LogP contribution >= 0.6 is 11.3 Å². The molecule has 0 N–H and O–H groups in total. The second-order valence-corrected chi connectivity index (χ2v) is 10.7. The van der Waals surface area contributed by atoms with E-state index in [2.05, 4.69) is 65.6 Å². The van der Waals surface area contributed by atoms with E-state index >= 15 is 0 Å². The first-order chi connectivity index (χ1) is 16.4. The zero-order valence-electron chi connectivity index (χ0n) is 20.7. The molecule has 1 amide bonds. The summed E-state index contributed by atoms with van der Waals surface area (Å²) in [6, 6.07) is 18.6. The molecule has 1 aromatic heterocycles. The highest BCUT2D eigenvalue weighted by molar-refractivity contribution is 7.07. The SMILES string of the molecule is COc1cccc(C2CN(Cc3ccsc3)CC2CN(CC(C)C)C(=O)c2ccc(C)cc2)c1. The molecule has 3 aromatic rings. The molecule has 2 unspecified atom stereocenters. The summed E-state index contributed by atoms with van der Waals surface area (Å²) in [5, 5.41) is 4.38. The van der Waals surface area contributed by atoms with Gasteiger partial charge in [-0.25, -0.2) is 0 Å². The van der Waals surface area contributed by atoms with Gasteiger partial charge in [0.1, 0.15) is 5.75 Å². The van der Waals surface area contributed by atoms with Crippen LogP contribution in [0.5, 0.6) is 5.75 Å². The summed E-state index contributed by atoms with van der Waals surface area (Å²) in [5.41, 5.74) is 4.61. The molecule has 2 atom stereocenters. The fraction of sp³-hybridized carbons (Fsp3) is 0.414. The number of carbonyl (C=O) groups is 1. The number of hydrogen-bond donors (Lipinski definition) is 0. The van der Waals surface area contributed by atoms with Crippen LogP contribution in [0.2, 0.25) is 0 Å². The highest BCUT2D eigenvalue weighted by Gasteiger charge is 2.36. The zero-order chi connectivity index (χ0) is 24.1. The van der Waals surface area contributed by atoms with Crippen LogP contribution < -0.4 is 4.74 Å². The lowest BCUT2D eigenvalue weighted by molar-refractivity contribution is 0.0703. The highest BCUT2D eigenvalue weighted by atomic mass is 32.1. The van der Waals surface area contributed by atoms with Gasteiger partial charge < -0.3 is 9.64 Å². The van der Waals surface area contributed by atoms with Gasteiger partial charge in [-0.15, -0.1) is 0 Å². The predicted octanol–water partition coefficient (Wildman–Crippen LogP) is 6.08. The van der Waals surface area contributed by atoms with Crippen LogP contribution in [0, 0.1) is 18.8 Å². The van der Waals surface area contributed by atoms with Crippen LogP contribution in [-0.4, -0.2) is 49.0 Å². The third-order valence-corrected chi connectivity index (χ3v) is 7.38. The van der Waals surface area contributed by atoms with Gasteiger partial charge in [-0.05, 0) is 71.0 Å². The minimum absolute atomic E-state index is 0.134. The van der Waals surface area contributed by atoms with E-state index in [1.165, 1.54) is 16.7 Å². The first kappa shape index (κ1) is 24.5. The fourth-order valence-corrected chi connectivity index (χ4v) is 5.67. The second-order valence-electron chi connectivity index (χ2n) is 9.94. The van der Waals surface area contributed by atoms with Gasteiger partial charge in [-0.3, -0.25) is 9.69 Å². The normalized spacial score (nSPS) is 18.4. The van der Waals surface area contributed by atoms with E-state index in [-0.39, 0.29) is 5.91 Å². The number of likely N-dealkylation sites (tertiary alicyclic amines) is 1. The van der Waals surface area contributed by atoms with Crippen molar-refractivity contribution in [3.8, 4) is 5.75 Å². The van der Waals surface area contributed by atoms with Crippen molar-refractivity contribution in [2.75, 3.05) is 33.3 Å². The van der Waals surface area contributed by atoms with Crippen molar-refractivity contribution in [3.05, 3.63) is 87.6 Å². The van der Waals surface area contributed by atoms with Gasteiger partial charge >= 0.3 is 0 Å². The Balaban J connectivity index is 1.59. The highest BCUT2D eigenvalue weighted by Crippen LogP contribution is 2.36. The number of methoxy groups -OCH3 is 1. The molecule has 0 radical (unpaired) electrons. The molecule has 1 fully saturated rings. The summed E-state index contributed by atoms with van der Waals surface area (Å²) >= 11 is 1.75. The van der Waals surface area contributed by atoms with Crippen molar-refractivity contribution in [2.24, 2.45) is 11.8 Å². The Kier molecular flexibility index (Phi) is 8.07. The number of nitrogens with zero attached hydrogens (tertiary/aromatic N) is 2. The first-order valence-corrected chi connectivity index (χ1v) is 13.1. The molecule has 34 heavy (non-hydrogen) atoms. The molecule has 2 aromatic carbocycles. The van der Waals surface area contributed by atoms with Crippen molar-refractivity contribution in [3.63, 3.8) is 0 Å². The average molecular weight is 477 g/mol. The quantitative estimate of drug-likeness (QED) is 0.375. The standard InChI is InChI=1S/C29H36N2O2S/c1-21(2)15-31(29(32)24-10-8-22(3)9-11-24)18-26-17-30(16-23-12-13-34-20-23)19-28(26)25-6-5-7-27(14-25)33-4/h5-14,20-21,26,28H,15-19H2,1-4H3. The van der Waals surface area contributed by atoms with Gasteiger partial charge in [-0.1, -0.05) is 43.7 Å². The van der Waals surface area contributed by atoms with Gasteiger partial charge in [0.25, 0.3) is 5.91 Å². The zero-order valence-corrected chi connectivity index (χ0v) is 21.6. The maximum atomic E-state index is 13.6. The van der Waals surface area contributed by atoms with Crippen LogP contribution in [0.3, 0.4) is 0 Å². The van der Waals surface area contributed by atoms with Crippen molar-refractivity contribution in [1.82, 2.24) is 9.80 Å². The van der Waals surface area contributed by atoms with E-state index in [1.807, 2.05) is 30.3 Å². The topological polar surface area (TPSA) is 32.8 Å². The largest absolute Gasteiger partial charge is 0.497 e. The fourth-order valence-electron chi connectivity index (χ4n) is 5.01. The molecule has 1 aliphatic heterocycles. The van der Waals surface area contributed by atoms with Crippen LogP contribution in [0.25, 0.3) is 0 Å². The summed E-state index contributed by atoms with van der Waals surface area (Å²) in [4.78, 5) is 18.2. The molecule has 4 rings (SSSR count). The van der Waals surface area contributed by atoms with E-state index in [1.54, 1.807) is 18.4 Å². The molecular formula is C29H36N2O2S. The van der Waals surface area contributed by atoms with Crippen molar-refractivity contribution in [1.29, 1.82) is 0 Å². The first-order valence-electron chi connectivity index (χ1n) is 12.2. The van der Waals surface area contributed by atoms with E-state index < -0.39 is 0 Å². The lowest BCUT2D eigenvalue weighted by atomic mass is 9.88. The van der Waals surface area contributed by atoms with Crippen molar-refractivity contribution in [2.45, 2.75) is 33.2 Å². The predicted molar refractivity (Wildman–Crippen MR) is 141 cm³/mol. The van der Waals surface area contributed by atoms with Gasteiger partial charge in [0, 0.05) is 44.2 Å². The second kappa shape index (κ2) is 11.2. The number of aryl methyl sites for hydroxylation is 1. The summed E-state index contributed by atoms with van der Waals surface area (Å²) in [7, 11) is 1.72. The van der Waals surface area contributed by atoms with E-state index in [0.29, 0.717) is 17.8 Å². The Labute approximate surface area is 208 Å². The molecule has 0 aliphatic carbocycles. The summed E-state index contributed by atoms with van der Waals surface area (Å²) in [6.45, 7) is 10.9. The number of amides is 1. The molecule has 4 nitrogen and oxygen atoms in total. The molecule has 0 bridgehead atoms. The number of benzene rings is 2. The van der Waals surface area contributed by atoms with Crippen molar-refractivity contribution >= 4 is 17.2 Å². The van der Waals surface area contributed by atoms with E-state index in [4.69, 9.17) is 4.74 Å². The van der Waals surface area contributed by atoms with Crippen molar-refractivity contribution < 1.29 is 9.53 Å². The maximum absolute atomic E-state index is 13.6. The summed E-state index contributed by atoms with van der Waals surface area (Å²) in [5.74, 6) is 2.15. The van der Waals surface area contributed by atoms with Gasteiger partial charge in [-0.2, -0.15) is 11.3 Å². The number of hydrogen-bond acceptors (Lipinski definition) is 4. The smallest absolute Gasteiger partial charge is 0.253 e. The monoisotopic (exact) mass is 476 g/mol. The average Bonchev–Trinajstić information content (AvgIpc) is 3.48. The summed E-state index contributed by atoms with van der Waals surface area (Å²) < 4.78 is 5.52. The van der Waals surface area contributed by atoms with Gasteiger partial charge in [0.2, 0.25) is 0 Å². The van der Waals surface area contributed by atoms with Crippen LogP contribution in [0.4, 0.5) is 0 Å². The number of thiophene rings is 1. The molecule has 0 spiro atoms. The molecule has 1 aliphatic rings. The molecule has 1 saturated heterocycles. The lowest BCUT2D eigenvalue weighted by Crippen LogP contribution is -2.39. The third-order valence-electron chi connectivity index (χ3n) is 6.65. The Morgan fingerprint density at radius 2 is 1.94 bits per heavy atom. The number of ether oxygens (including phenoxy) is 1. The minimum Gasteiger partial charge on any atom is -0.497 e.